The lowest BCUT2D eigenvalue weighted by Gasteiger charge is -2.17. The van der Waals surface area contributed by atoms with E-state index in [1.807, 2.05) is 11.3 Å². The van der Waals surface area contributed by atoms with Crippen molar-refractivity contribution in [3.63, 3.8) is 0 Å². The van der Waals surface area contributed by atoms with E-state index in [1.165, 1.54) is 32.1 Å². The Bertz CT molecular complexity index is 228. The number of hydrogen-bond donors (Lipinski definition) is 0. The van der Waals surface area contributed by atoms with Crippen LogP contribution < -0.4 is 0 Å². The Morgan fingerprint density at radius 1 is 1.14 bits per heavy atom. The van der Waals surface area contributed by atoms with Crippen molar-refractivity contribution in [1.82, 2.24) is 0 Å². The molecular weight excluding hydrogens is 188 g/mol. The van der Waals surface area contributed by atoms with Gasteiger partial charge in [-0.15, -0.1) is 11.3 Å². The molecule has 1 rings (SSSR count). The Morgan fingerprint density at radius 3 is 2.50 bits per heavy atom. The minimum absolute atomic E-state index is 0.517. The molecular formula is C13H22S. The number of aryl methyl sites for hydroxylation is 1. The quantitative estimate of drug-likeness (QED) is 0.607. The first-order valence-electron chi connectivity index (χ1n) is 5.60. The van der Waals surface area contributed by atoms with Crippen LogP contribution >= 0.6 is 11.3 Å². The minimum Gasteiger partial charge on any atom is -0.149 e. The summed E-state index contributed by atoms with van der Waals surface area (Å²) in [5.41, 5.74) is 0.517. The number of unbranched alkanes of at least 4 members (excludes halogenated alkanes) is 2. The SMILES string of the molecule is CC(C)(C)CCCCCc1cccs1. The fraction of sp³-hybridized carbons (Fsp3) is 0.692. The van der Waals surface area contributed by atoms with Gasteiger partial charge in [-0.3, -0.25) is 0 Å². The third kappa shape index (κ3) is 5.43. The number of rotatable bonds is 5. The second-order valence-electron chi connectivity index (χ2n) is 5.20. The van der Waals surface area contributed by atoms with Crippen molar-refractivity contribution in [3.05, 3.63) is 22.4 Å². The lowest BCUT2D eigenvalue weighted by Crippen LogP contribution is -2.03. The summed E-state index contributed by atoms with van der Waals surface area (Å²) in [7, 11) is 0. The van der Waals surface area contributed by atoms with Gasteiger partial charge >= 0.3 is 0 Å². The Hall–Kier alpha value is -0.300. The van der Waals surface area contributed by atoms with E-state index in [4.69, 9.17) is 0 Å². The van der Waals surface area contributed by atoms with E-state index in [9.17, 15) is 0 Å². The van der Waals surface area contributed by atoms with E-state index in [2.05, 4.69) is 38.3 Å². The molecule has 1 aromatic rings. The van der Waals surface area contributed by atoms with E-state index >= 15 is 0 Å². The summed E-state index contributed by atoms with van der Waals surface area (Å²) in [6.07, 6.45) is 6.76. The Kier molecular flexibility index (Phi) is 4.67. The molecule has 14 heavy (non-hydrogen) atoms. The van der Waals surface area contributed by atoms with Crippen LogP contribution in [0.15, 0.2) is 17.5 Å². The molecule has 0 N–H and O–H groups in total. The van der Waals surface area contributed by atoms with Crippen LogP contribution in [0.1, 0.15) is 51.3 Å². The molecule has 0 aliphatic rings. The van der Waals surface area contributed by atoms with Crippen molar-refractivity contribution in [2.45, 2.75) is 52.9 Å². The Balaban J connectivity index is 2.00. The van der Waals surface area contributed by atoms with Crippen LogP contribution in [0.4, 0.5) is 0 Å². The van der Waals surface area contributed by atoms with Crippen LogP contribution in [0.25, 0.3) is 0 Å². The zero-order chi connectivity index (χ0) is 10.4. The molecule has 0 aliphatic carbocycles. The Morgan fingerprint density at radius 2 is 1.93 bits per heavy atom. The number of thiophene rings is 1. The van der Waals surface area contributed by atoms with Crippen molar-refractivity contribution in [3.8, 4) is 0 Å². The zero-order valence-corrected chi connectivity index (χ0v) is 10.5. The van der Waals surface area contributed by atoms with Gasteiger partial charge in [0.25, 0.3) is 0 Å². The van der Waals surface area contributed by atoms with Crippen LogP contribution in [0, 0.1) is 5.41 Å². The highest BCUT2D eigenvalue weighted by Gasteiger charge is 2.08. The lowest BCUT2D eigenvalue weighted by atomic mass is 9.89. The molecule has 0 nitrogen and oxygen atoms in total. The minimum atomic E-state index is 0.517. The van der Waals surface area contributed by atoms with Crippen molar-refractivity contribution in [2.75, 3.05) is 0 Å². The topological polar surface area (TPSA) is 0 Å². The average molecular weight is 210 g/mol. The summed E-state index contributed by atoms with van der Waals surface area (Å²) in [6, 6.07) is 4.39. The first-order valence-corrected chi connectivity index (χ1v) is 6.48. The predicted octanol–water partition coefficient (Wildman–Crippen LogP) is 4.90. The van der Waals surface area contributed by atoms with E-state index < -0.39 is 0 Å². The molecule has 0 aromatic carbocycles. The highest BCUT2D eigenvalue weighted by Crippen LogP contribution is 2.22. The summed E-state index contributed by atoms with van der Waals surface area (Å²) in [4.78, 5) is 1.54. The molecule has 0 bridgehead atoms. The number of hydrogen-bond acceptors (Lipinski definition) is 1. The maximum absolute atomic E-state index is 2.33. The third-order valence-corrected chi connectivity index (χ3v) is 3.37. The smallest absolute Gasteiger partial charge is 0.00452 e. The van der Waals surface area contributed by atoms with Gasteiger partial charge in [-0.1, -0.05) is 39.7 Å². The van der Waals surface area contributed by atoms with E-state index in [0.717, 1.165) is 0 Å². The van der Waals surface area contributed by atoms with Gasteiger partial charge in [0.05, 0.1) is 0 Å². The standard InChI is InChI=1S/C13H22S/c1-13(2,3)10-6-4-5-8-12-9-7-11-14-12/h7,9,11H,4-6,8,10H2,1-3H3. The van der Waals surface area contributed by atoms with Crippen LogP contribution in [0.5, 0.6) is 0 Å². The summed E-state index contributed by atoms with van der Waals surface area (Å²) in [5.74, 6) is 0. The monoisotopic (exact) mass is 210 g/mol. The Labute approximate surface area is 92.4 Å². The summed E-state index contributed by atoms with van der Waals surface area (Å²) >= 11 is 1.89. The normalized spacial score (nSPS) is 11.9. The van der Waals surface area contributed by atoms with Gasteiger partial charge in [-0.2, -0.15) is 0 Å². The van der Waals surface area contributed by atoms with Gasteiger partial charge in [0.1, 0.15) is 0 Å². The fourth-order valence-corrected chi connectivity index (χ4v) is 2.34. The molecule has 0 saturated heterocycles. The molecule has 0 atom stereocenters. The first-order chi connectivity index (χ1) is 6.58. The molecule has 1 heterocycles. The molecule has 0 unspecified atom stereocenters. The lowest BCUT2D eigenvalue weighted by molar-refractivity contribution is 0.358. The molecule has 0 spiro atoms. The van der Waals surface area contributed by atoms with E-state index in [1.54, 1.807) is 4.88 Å². The molecule has 80 valence electrons. The van der Waals surface area contributed by atoms with Gasteiger partial charge in [0.2, 0.25) is 0 Å². The van der Waals surface area contributed by atoms with Gasteiger partial charge in [0.15, 0.2) is 0 Å². The van der Waals surface area contributed by atoms with Crippen LogP contribution in [-0.2, 0) is 6.42 Å². The van der Waals surface area contributed by atoms with Gasteiger partial charge in [0, 0.05) is 4.88 Å². The van der Waals surface area contributed by atoms with Crippen LogP contribution in [0.3, 0.4) is 0 Å². The van der Waals surface area contributed by atoms with Gasteiger partial charge in [-0.05, 0) is 36.1 Å². The molecule has 0 aliphatic heterocycles. The average Bonchev–Trinajstić information content (AvgIpc) is 2.54. The van der Waals surface area contributed by atoms with Crippen molar-refractivity contribution in [2.24, 2.45) is 5.41 Å². The highest BCUT2D eigenvalue weighted by molar-refractivity contribution is 7.09. The van der Waals surface area contributed by atoms with Crippen LogP contribution in [-0.4, -0.2) is 0 Å². The third-order valence-electron chi connectivity index (χ3n) is 2.43. The maximum Gasteiger partial charge on any atom is 0.00452 e. The molecule has 0 fully saturated rings. The van der Waals surface area contributed by atoms with E-state index in [-0.39, 0.29) is 0 Å². The zero-order valence-electron chi connectivity index (χ0n) is 9.68. The van der Waals surface area contributed by atoms with Gasteiger partial charge in [-0.25, -0.2) is 0 Å². The second kappa shape index (κ2) is 5.55. The molecule has 1 aromatic heterocycles. The largest absolute Gasteiger partial charge is 0.149 e. The highest BCUT2D eigenvalue weighted by atomic mass is 32.1. The van der Waals surface area contributed by atoms with Crippen LogP contribution in [0.2, 0.25) is 0 Å². The fourth-order valence-electron chi connectivity index (χ4n) is 1.59. The molecule has 0 radical (unpaired) electrons. The summed E-state index contributed by atoms with van der Waals surface area (Å²) in [5, 5.41) is 2.17. The molecule has 0 amide bonds. The maximum atomic E-state index is 2.33. The molecule has 0 saturated carbocycles. The van der Waals surface area contributed by atoms with Crippen molar-refractivity contribution >= 4 is 11.3 Å². The second-order valence-corrected chi connectivity index (χ2v) is 6.23. The van der Waals surface area contributed by atoms with E-state index in [0.29, 0.717) is 5.41 Å². The first kappa shape index (κ1) is 11.8. The summed E-state index contributed by atoms with van der Waals surface area (Å²) in [6.45, 7) is 6.98. The van der Waals surface area contributed by atoms with Crippen molar-refractivity contribution in [1.29, 1.82) is 0 Å². The predicted molar refractivity (Wildman–Crippen MR) is 65.9 cm³/mol. The van der Waals surface area contributed by atoms with Gasteiger partial charge < -0.3 is 0 Å². The summed E-state index contributed by atoms with van der Waals surface area (Å²) < 4.78 is 0. The molecule has 1 heteroatoms. The van der Waals surface area contributed by atoms with Crippen molar-refractivity contribution < 1.29 is 0 Å².